The Kier molecular flexibility index (Phi) is 4.02. The highest BCUT2D eigenvalue weighted by Gasteiger charge is 2.16. The molecule has 2 aromatic rings. The molecular weight excluding hydrogens is 326 g/mol. The van der Waals surface area contributed by atoms with Crippen molar-refractivity contribution in [3.8, 4) is 6.07 Å². The van der Waals surface area contributed by atoms with Gasteiger partial charge in [-0.25, -0.2) is 9.97 Å². The molecule has 0 spiro atoms. The number of rotatable bonds is 4. The van der Waals surface area contributed by atoms with Crippen LogP contribution in [0.3, 0.4) is 0 Å². The average molecular weight is 338 g/mol. The molecule has 19 heavy (non-hydrogen) atoms. The second kappa shape index (κ2) is 5.55. The van der Waals surface area contributed by atoms with Crippen LogP contribution in [-0.4, -0.2) is 15.5 Å². The molecule has 0 bridgehead atoms. The first kappa shape index (κ1) is 13.8. The van der Waals surface area contributed by atoms with Crippen LogP contribution in [0.1, 0.15) is 13.8 Å². The van der Waals surface area contributed by atoms with Gasteiger partial charge in [0, 0.05) is 15.9 Å². The van der Waals surface area contributed by atoms with E-state index in [4.69, 9.17) is 5.26 Å². The number of thiophene rings is 1. The Morgan fingerprint density at radius 3 is 2.68 bits per heavy atom. The van der Waals surface area contributed by atoms with Gasteiger partial charge in [0.1, 0.15) is 23.5 Å². The Balaban J connectivity index is 2.14. The second-order valence-electron chi connectivity index (χ2n) is 4.40. The van der Waals surface area contributed by atoms with Crippen LogP contribution in [-0.2, 0) is 0 Å². The fourth-order valence-corrected chi connectivity index (χ4v) is 2.67. The standard InChI is InChI=1S/C12H12BrN5S/c1-12(2,6-14)18-10-4-9(15-7-16-10)17-11-3-8(13)5-19-11/h3-5,7H,1-2H3,(H2,15,16,17,18). The molecule has 0 aliphatic carbocycles. The molecule has 7 heteroatoms. The van der Waals surface area contributed by atoms with Crippen LogP contribution in [0.25, 0.3) is 0 Å². The van der Waals surface area contributed by atoms with Crippen LogP contribution in [0.5, 0.6) is 0 Å². The molecule has 0 aromatic carbocycles. The van der Waals surface area contributed by atoms with Crippen molar-refractivity contribution < 1.29 is 0 Å². The van der Waals surface area contributed by atoms with Gasteiger partial charge in [-0.3, -0.25) is 0 Å². The molecule has 2 aromatic heterocycles. The van der Waals surface area contributed by atoms with Crippen molar-refractivity contribution in [2.45, 2.75) is 19.4 Å². The van der Waals surface area contributed by atoms with E-state index >= 15 is 0 Å². The molecule has 0 aliphatic rings. The lowest BCUT2D eigenvalue weighted by Gasteiger charge is -2.18. The lowest BCUT2D eigenvalue weighted by Crippen LogP contribution is -2.28. The van der Waals surface area contributed by atoms with Crippen LogP contribution < -0.4 is 10.6 Å². The van der Waals surface area contributed by atoms with Gasteiger partial charge in [0.2, 0.25) is 0 Å². The van der Waals surface area contributed by atoms with Gasteiger partial charge in [-0.15, -0.1) is 11.3 Å². The second-order valence-corrected chi connectivity index (χ2v) is 6.23. The van der Waals surface area contributed by atoms with E-state index in [1.54, 1.807) is 31.3 Å². The van der Waals surface area contributed by atoms with Gasteiger partial charge >= 0.3 is 0 Å². The largest absolute Gasteiger partial charge is 0.352 e. The van der Waals surface area contributed by atoms with Gasteiger partial charge in [-0.05, 0) is 35.8 Å². The summed E-state index contributed by atoms with van der Waals surface area (Å²) in [5.41, 5.74) is -0.669. The minimum absolute atomic E-state index is 0.611. The number of hydrogen-bond donors (Lipinski definition) is 2. The Labute approximate surface area is 123 Å². The summed E-state index contributed by atoms with van der Waals surface area (Å²) in [6.07, 6.45) is 1.46. The van der Waals surface area contributed by atoms with Gasteiger partial charge < -0.3 is 10.6 Å². The molecule has 2 heterocycles. The number of hydrogen-bond acceptors (Lipinski definition) is 6. The van der Waals surface area contributed by atoms with Crippen LogP contribution >= 0.6 is 27.3 Å². The van der Waals surface area contributed by atoms with E-state index in [1.165, 1.54) is 6.33 Å². The summed E-state index contributed by atoms with van der Waals surface area (Å²) in [4.78, 5) is 8.25. The molecule has 0 unspecified atom stereocenters. The predicted molar refractivity (Wildman–Crippen MR) is 80.6 cm³/mol. The molecule has 0 fully saturated rings. The van der Waals surface area contributed by atoms with Crippen molar-refractivity contribution in [1.29, 1.82) is 5.26 Å². The van der Waals surface area contributed by atoms with Crippen molar-refractivity contribution in [3.05, 3.63) is 28.3 Å². The summed E-state index contributed by atoms with van der Waals surface area (Å²) >= 11 is 4.98. The molecule has 0 aliphatic heterocycles. The lowest BCUT2D eigenvalue weighted by molar-refractivity contribution is 0.723. The molecule has 2 N–H and O–H groups in total. The maximum Gasteiger partial charge on any atom is 0.136 e. The summed E-state index contributed by atoms with van der Waals surface area (Å²) in [7, 11) is 0. The van der Waals surface area contributed by atoms with E-state index in [0.717, 1.165) is 9.47 Å². The predicted octanol–water partition coefficient (Wildman–Crippen LogP) is 3.76. The molecule has 0 amide bonds. The average Bonchev–Trinajstić information content (AvgIpc) is 2.75. The Morgan fingerprint density at radius 2 is 2.05 bits per heavy atom. The maximum absolute atomic E-state index is 8.99. The number of nitriles is 1. The quantitative estimate of drug-likeness (QED) is 0.888. The zero-order valence-corrected chi connectivity index (χ0v) is 12.8. The molecule has 0 atom stereocenters. The highest BCUT2D eigenvalue weighted by Crippen LogP contribution is 2.27. The smallest absolute Gasteiger partial charge is 0.136 e. The van der Waals surface area contributed by atoms with Gasteiger partial charge in [0.05, 0.1) is 11.1 Å². The molecular formula is C12H12BrN5S. The third kappa shape index (κ3) is 3.91. The summed E-state index contributed by atoms with van der Waals surface area (Å²) in [5, 5.41) is 18.2. The Bertz CT molecular complexity index is 617. The fraction of sp³-hybridized carbons (Fsp3) is 0.250. The summed E-state index contributed by atoms with van der Waals surface area (Å²) in [6, 6.07) is 5.91. The maximum atomic E-state index is 8.99. The highest BCUT2D eigenvalue weighted by molar-refractivity contribution is 9.10. The SMILES string of the molecule is CC(C)(C#N)Nc1cc(Nc2cc(Br)cs2)ncn1. The van der Waals surface area contributed by atoms with Crippen LogP contribution in [0, 0.1) is 11.3 Å². The van der Waals surface area contributed by atoms with Crippen LogP contribution in [0.2, 0.25) is 0 Å². The molecule has 0 saturated carbocycles. The van der Waals surface area contributed by atoms with E-state index < -0.39 is 5.54 Å². The fourth-order valence-electron chi connectivity index (χ4n) is 1.35. The molecule has 2 rings (SSSR count). The zero-order chi connectivity index (χ0) is 13.9. The first-order valence-electron chi connectivity index (χ1n) is 5.51. The first-order valence-corrected chi connectivity index (χ1v) is 7.18. The minimum Gasteiger partial charge on any atom is -0.352 e. The third-order valence-corrected chi connectivity index (χ3v) is 3.81. The lowest BCUT2D eigenvalue weighted by atomic mass is 10.1. The van der Waals surface area contributed by atoms with E-state index in [-0.39, 0.29) is 0 Å². The molecule has 0 saturated heterocycles. The monoisotopic (exact) mass is 337 g/mol. The van der Waals surface area contributed by atoms with Gasteiger partial charge in [-0.1, -0.05) is 0 Å². The molecule has 98 valence electrons. The number of halogens is 1. The van der Waals surface area contributed by atoms with Crippen LogP contribution in [0.4, 0.5) is 16.6 Å². The summed E-state index contributed by atoms with van der Waals surface area (Å²) in [6.45, 7) is 3.58. The number of nitrogens with one attached hydrogen (secondary N) is 2. The minimum atomic E-state index is -0.669. The van der Waals surface area contributed by atoms with Crippen molar-refractivity contribution in [2.75, 3.05) is 10.6 Å². The number of anilines is 3. The van der Waals surface area contributed by atoms with Crippen molar-refractivity contribution in [2.24, 2.45) is 0 Å². The van der Waals surface area contributed by atoms with Gasteiger partial charge in [0.25, 0.3) is 0 Å². The molecule has 0 radical (unpaired) electrons. The van der Waals surface area contributed by atoms with Crippen molar-refractivity contribution in [3.63, 3.8) is 0 Å². The van der Waals surface area contributed by atoms with Crippen molar-refractivity contribution in [1.82, 2.24) is 9.97 Å². The van der Waals surface area contributed by atoms with Crippen LogP contribution in [0.15, 0.2) is 28.3 Å². The molecule has 5 nitrogen and oxygen atoms in total. The number of nitrogens with zero attached hydrogens (tertiary/aromatic N) is 3. The number of aromatic nitrogens is 2. The Morgan fingerprint density at radius 1 is 1.32 bits per heavy atom. The zero-order valence-electron chi connectivity index (χ0n) is 10.4. The normalized spacial score (nSPS) is 10.8. The first-order chi connectivity index (χ1) is 8.98. The highest BCUT2D eigenvalue weighted by atomic mass is 79.9. The topological polar surface area (TPSA) is 73.6 Å². The van der Waals surface area contributed by atoms with E-state index in [2.05, 4.69) is 42.6 Å². The van der Waals surface area contributed by atoms with E-state index in [0.29, 0.717) is 11.6 Å². The van der Waals surface area contributed by atoms with E-state index in [9.17, 15) is 0 Å². The van der Waals surface area contributed by atoms with Crippen molar-refractivity contribution >= 4 is 43.9 Å². The Hall–Kier alpha value is -1.65. The third-order valence-electron chi connectivity index (χ3n) is 2.21. The summed E-state index contributed by atoms with van der Waals surface area (Å²) < 4.78 is 1.03. The van der Waals surface area contributed by atoms with Gasteiger partial charge in [0.15, 0.2) is 0 Å². The van der Waals surface area contributed by atoms with Gasteiger partial charge in [-0.2, -0.15) is 5.26 Å². The van der Waals surface area contributed by atoms with E-state index in [1.807, 2.05) is 11.4 Å². The summed E-state index contributed by atoms with van der Waals surface area (Å²) in [5.74, 6) is 1.29.